The van der Waals surface area contributed by atoms with Crippen LogP contribution < -0.4 is 5.32 Å². The van der Waals surface area contributed by atoms with Crippen molar-refractivity contribution in [1.29, 1.82) is 0 Å². The van der Waals surface area contributed by atoms with E-state index < -0.39 is 10.8 Å². The number of thiazole rings is 1. The van der Waals surface area contributed by atoms with Crippen molar-refractivity contribution in [3.63, 3.8) is 0 Å². The Morgan fingerprint density at radius 3 is 3.00 bits per heavy atom. The molecule has 0 radical (unpaired) electrons. The number of ether oxygens (including phenoxy) is 1. The van der Waals surface area contributed by atoms with Crippen LogP contribution in [0.5, 0.6) is 0 Å². The first-order chi connectivity index (χ1) is 13.4. The molecule has 1 aromatic heterocycles. The van der Waals surface area contributed by atoms with Gasteiger partial charge in [0, 0.05) is 29.0 Å². The quantitative estimate of drug-likeness (QED) is 0.322. The van der Waals surface area contributed by atoms with Crippen LogP contribution in [0.3, 0.4) is 0 Å². The summed E-state index contributed by atoms with van der Waals surface area (Å²) in [5, 5.41) is 15.9. The molecular formula is C18H14BrN3O5S. The molecule has 1 aromatic carbocycles. The number of carbonyl (C=O) groups excluding carboxylic acids is 2. The Labute approximate surface area is 171 Å². The van der Waals surface area contributed by atoms with E-state index in [1.165, 1.54) is 23.5 Å². The zero-order valence-electron chi connectivity index (χ0n) is 14.3. The third-order valence-corrected chi connectivity index (χ3v) is 7.87. The lowest BCUT2D eigenvalue weighted by molar-refractivity contribution is -0.384. The minimum atomic E-state index is -0.460. The van der Waals surface area contributed by atoms with E-state index in [1.54, 1.807) is 17.5 Å². The smallest absolute Gasteiger partial charge is 0.310 e. The number of esters is 1. The molecule has 28 heavy (non-hydrogen) atoms. The summed E-state index contributed by atoms with van der Waals surface area (Å²) in [6.45, 7) is 0. The summed E-state index contributed by atoms with van der Waals surface area (Å²) >= 11 is 4.84. The average molecular weight is 464 g/mol. The van der Waals surface area contributed by atoms with Gasteiger partial charge in [-0.05, 0) is 12.3 Å². The molecule has 2 aliphatic carbocycles. The summed E-state index contributed by atoms with van der Waals surface area (Å²) in [7, 11) is 0. The minimum Gasteiger partial charge on any atom is -0.461 e. The van der Waals surface area contributed by atoms with Crippen molar-refractivity contribution in [2.45, 2.75) is 17.4 Å². The summed E-state index contributed by atoms with van der Waals surface area (Å²) < 4.78 is 5.44. The summed E-state index contributed by atoms with van der Waals surface area (Å²) in [6, 6.07) is 6.19. The van der Waals surface area contributed by atoms with E-state index in [1.807, 2.05) is 0 Å². The molecule has 0 spiro atoms. The first-order valence-corrected chi connectivity index (χ1v) is 10.6. The molecule has 8 nitrogen and oxygen atoms in total. The zero-order valence-corrected chi connectivity index (χ0v) is 16.7. The molecule has 10 heteroatoms. The molecule has 1 saturated heterocycles. The lowest BCUT2D eigenvalue weighted by Gasteiger charge is -2.27. The standard InChI is InChI=1S/C18H14BrN3O5S/c19-14-9-5-10-13(17(24)27-15(10)14)12(9)16(23)21-18-20-11(6-28-18)7-2-1-3-8(4-7)22(25)26/h1-4,6,9-10,12-15H,5H2,(H,20,21,23)/t9-,10-,12-,13+,14+,15+/m1/s1. The van der Waals surface area contributed by atoms with E-state index in [-0.39, 0.29) is 46.2 Å². The SMILES string of the molecule is O=C(Nc1nc(-c2cccc([N+](=O)[O-])c2)cs1)[C@@H]1[C@H]2C[C@H]3[C@H](OC(=O)[C@@H]31)[C@H]2Br. The summed E-state index contributed by atoms with van der Waals surface area (Å²) in [5.74, 6) is -1.13. The van der Waals surface area contributed by atoms with Crippen LogP contribution in [-0.4, -0.2) is 32.7 Å². The molecule has 2 saturated carbocycles. The van der Waals surface area contributed by atoms with Crippen molar-refractivity contribution < 1.29 is 19.2 Å². The summed E-state index contributed by atoms with van der Waals surface area (Å²) in [5.41, 5.74) is 1.14. The number of aromatic nitrogens is 1. The van der Waals surface area contributed by atoms with Gasteiger partial charge in [-0.25, -0.2) is 4.98 Å². The summed E-state index contributed by atoms with van der Waals surface area (Å²) in [6.07, 6.45) is 0.693. The lowest BCUT2D eigenvalue weighted by Crippen LogP contribution is -2.40. The normalized spacial score (nSPS) is 32.4. The monoisotopic (exact) mass is 463 g/mol. The maximum atomic E-state index is 12.9. The Hall–Kier alpha value is -2.33. The molecule has 2 heterocycles. The number of non-ortho nitro benzene ring substituents is 1. The Morgan fingerprint density at radius 2 is 2.21 bits per heavy atom. The van der Waals surface area contributed by atoms with Crippen LogP contribution in [0.1, 0.15) is 6.42 Å². The molecule has 2 aromatic rings. The fourth-order valence-electron chi connectivity index (χ4n) is 4.76. The van der Waals surface area contributed by atoms with Gasteiger partial charge in [-0.1, -0.05) is 28.1 Å². The van der Waals surface area contributed by atoms with Crippen LogP contribution >= 0.6 is 27.3 Å². The van der Waals surface area contributed by atoms with E-state index in [9.17, 15) is 19.7 Å². The molecule has 144 valence electrons. The van der Waals surface area contributed by atoms with Crippen LogP contribution in [0.2, 0.25) is 0 Å². The number of rotatable bonds is 4. The predicted molar refractivity (Wildman–Crippen MR) is 104 cm³/mol. The van der Waals surface area contributed by atoms with Gasteiger partial charge in [0.1, 0.15) is 6.10 Å². The van der Waals surface area contributed by atoms with E-state index in [2.05, 4.69) is 26.2 Å². The molecule has 1 N–H and O–H groups in total. The zero-order chi connectivity index (χ0) is 19.6. The van der Waals surface area contributed by atoms with E-state index >= 15 is 0 Å². The number of nitrogens with zero attached hydrogens (tertiary/aromatic N) is 2. The number of nitro groups is 1. The molecule has 6 atom stereocenters. The van der Waals surface area contributed by atoms with Gasteiger partial charge in [-0.3, -0.25) is 19.7 Å². The Kier molecular flexibility index (Phi) is 4.02. The van der Waals surface area contributed by atoms with E-state index in [0.717, 1.165) is 6.42 Å². The van der Waals surface area contributed by atoms with Gasteiger partial charge in [-0.15, -0.1) is 11.3 Å². The van der Waals surface area contributed by atoms with Crippen molar-refractivity contribution >= 4 is 50.0 Å². The first kappa shape index (κ1) is 17.7. The number of anilines is 1. The highest BCUT2D eigenvalue weighted by molar-refractivity contribution is 9.09. The van der Waals surface area contributed by atoms with Crippen LogP contribution in [0.15, 0.2) is 29.6 Å². The fourth-order valence-corrected chi connectivity index (χ4v) is 6.53. The number of fused-ring (bicyclic) bond motifs is 1. The van der Waals surface area contributed by atoms with Crippen LogP contribution in [0.4, 0.5) is 10.8 Å². The second-order valence-corrected chi connectivity index (χ2v) is 9.21. The van der Waals surface area contributed by atoms with Crippen LogP contribution in [0, 0.1) is 33.8 Å². The maximum absolute atomic E-state index is 12.9. The van der Waals surface area contributed by atoms with E-state index in [4.69, 9.17) is 4.74 Å². The van der Waals surface area contributed by atoms with Crippen molar-refractivity contribution in [3.8, 4) is 11.3 Å². The highest BCUT2D eigenvalue weighted by Crippen LogP contribution is 2.60. The predicted octanol–water partition coefficient (Wildman–Crippen LogP) is 3.23. The second-order valence-electron chi connectivity index (χ2n) is 7.30. The maximum Gasteiger partial charge on any atom is 0.310 e. The molecule has 1 aliphatic heterocycles. The minimum absolute atomic E-state index is 0.00711. The van der Waals surface area contributed by atoms with Crippen LogP contribution in [-0.2, 0) is 14.3 Å². The van der Waals surface area contributed by atoms with Crippen LogP contribution in [0.25, 0.3) is 11.3 Å². The number of hydrogen-bond acceptors (Lipinski definition) is 7. The van der Waals surface area contributed by atoms with Crippen molar-refractivity contribution in [2.24, 2.45) is 23.7 Å². The number of hydrogen-bond donors (Lipinski definition) is 1. The summed E-state index contributed by atoms with van der Waals surface area (Å²) in [4.78, 5) is 40.0. The molecular weight excluding hydrogens is 450 g/mol. The number of carbonyl (C=O) groups is 2. The number of halogens is 1. The van der Waals surface area contributed by atoms with Gasteiger partial charge in [0.05, 0.1) is 27.3 Å². The van der Waals surface area contributed by atoms with Gasteiger partial charge in [0.2, 0.25) is 5.91 Å². The number of nitro benzene ring substituents is 1. The lowest BCUT2D eigenvalue weighted by atomic mass is 9.79. The van der Waals surface area contributed by atoms with E-state index in [0.29, 0.717) is 16.4 Å². The molecule has 3 fully saturated rings. The number of alkyl halides is 1. The molecule has 1 amide bonds. The Bertz CT molecular complexity index is 1010. The fraction of sp³-hybridized carbons (Fsp3) is 0.389. The van der Waals surface area contributed by atoms with Crippen molar-refractivity contribution in [1.82, 2.24) is 4.98 Å². The van der Waals surface area contributed by atoms with Gasteiger partial charge < -0.3 is 10.1 Å². The number of benzene rings is 1. The molecule has 0 unspecified atom stereocenters. The molecule has 3 aliphatic rings. The number of amides is 1. The number of nitrogens with one attached hydrogen (secondary N) is 1. The Balaban J connectivity index is 1.35. The van der Waals surface area contributed by atoms with Gasteiger partial charge in [0.25, 0.3) is 5.69 Å². The average Bonchev–Trinajstić information content (AvgIpc) is 3.40. The highest BCUT2D eigenvalue weighted by Gasteiger charge is 2.67. The van der Waals surface area contributed by atoms with Crippen molar-refractivity contribution in [2.75, 3.05) is 5.32 Å². The third-order valence-electron chi connectivity index (χ3n) is 5.91. The van der Waals surface area contributed by atoms with Gasteiger partial charge in [0.15, 0.2) is 5.13 Å². The largest absolute Gasteiger partial charge is 0.461 e. The van der Waals surface area contributed by atoms with Gasteiger partial charge in [-0.2, -0.15) is 0 Å². The third kappa shape index (κ3) is 2.58. The Morgan fingerprint density at radius 1 is 1.39 bits per heavy atom. The second kappa shape index (κ2) is 6.35. The topological polar surface area (TPSA) is 111 Å². The highest BCUT2D eigenvalue weighted by atomic mass is 79.9. The van der Waals surface area contributed by atoms with Crippen molar-refractivity contribution in [3.05, 3.63) is 39.8 Å². The molecule has 5 rings (SSSR count). The first-order valence-electron chi connectivity index (χ1n) is 8.80. The van der Waals surface area contributed by atoms with Gasteiger partial charge >= 0.3 is 5.97 Å². The molecule has 2 bridgehead atoms.